The fourth-order valence-corrected chi connectivity index (χ4v) is 21.6. The molecule has 1 aromatic carbocycles. The van der Waals surface area contributed by atoms with Crippen molar-refractivity contribution in [1.29, 1.82) is 0 Å². The molecule has 2 heteroatoms. The molecule has 0 aliphatic heterocycles. The van der Waals surface area contributed by atoms with Gasteiger partial charge in [0.15, 0.2) is 0 Å². The molecule has 1 aromatic rings. The molecule has 0 nitrogen and oxygen atoms in total. The van der Waals surface area contributed by atoms with Crippen LogP contribution in [0.4, 0.5) is 0 Å². The van der Waals surface area contributed by atoms with Gasteiger partial charge in [0.1, 0.15) is 0 Å². The van der Waals surface area contributed by atoms with Gasteiger partial charge in [-0.15, -0.1) is 0 Å². The molecule has 0 bridgehead atoms. The molecule has 2 aliphatic rings. The van der Waals surface area contributed by atoms with Gasteiger partial charge < -0.3 is 12.4 Å². The molecule has 158 valence electrons. The summed E-state index contributed by atoms with van der Waals surface area (Å²) in [6.07, 6.45) is 8.99. The van der Waals surface area contributed by atoms with Crippen molar-refractivity contribution in [2.24, 2.45) is 35.5 Å². The number of benzene rings is 1. The molecule has 6 atom stereocenters. The maximum absolute atomic E-state index is 2.54. The minimum Gasteiger partial charge on any atom is -1.00 e. The molecule has 0 saturated heterocycles. The van der Waals surface area contributed by atoms with E-state index in [0.717, 1.165) is 43.4 Å². The molecule has 0 heterocycles. The summed E-state index contributed by atoms with van der Waals surface area (Å²) in [5.74, 6) is 5.59. The zero-order valence-electron chi connectivity index (χ0n) is 19.1. The smallest absolute Gasteiger partial charge is 1.00 e. The molecule has 3 rings (SSSR count). The van der Waals surface area contributed by atoms with Gasteiger partial charge in [0, 0.05) is 0 Å². The Morgan fingerprint density at radius 1 is 0.714 bits per heavy atom. The van der Waals surface area contributed by atoms with Crippen LogP contribution in [0.5, 0.6) is 0 Å². The molecular formula is C26H43ClSn. The first-order chi connectivity index (χ1) is 12.9. The van der Waals surface area contributed by atoms with Crippen molar-refractivity contribution in [2.45, 2.75) is 87.9 Å². The van der Waals surface area contributed by atoms with E-state index in [1.165, 1.54) is 38.5 Å². The Balaban J connectivity index is 0.00000280. The molecule has 0 aromatic heterocycles. The largest absolute Gasteiger partial charge is 1.00 e. The summed E-state index contributed by atoms with van der Waals surface area (Å²) in [4.78, 5) is 0. The van der Waals surface area contributed by atoms with Crippen LogP contribution in [-0.2, 0) is 0 Å². The Morgan fingerprint density at radius 3 is 1.54 bits per heavy atom. The van der Waals surface area contributed by atoms with Crippen LogP contribution in [0.25, 0.3) is 0 Å². The van der Waals surface area contributed by atoms with Crippen molar-refractivity contribution in [3.8, 4) is 0 Å². The second-order valence-corrected chi connectivity index (χ2v) is 19.2. The molecule has 0 amide bonds. The average molecular weight is 510 g/mol. The third-order valence-electron chi connectivity index (χ3n) is 7.95. The number of hydrogen-bond acceptors (Lipinski definition) is 0. The van der Waals surface area contributed by atoms with Crippen LogP contribution in [0.3, 0.4) is 0 Å². The SMILES string of the molecule is CC(C)C1CC[C@@H](C)C[CH]1[Sn+]([c]1ccccc1)[CH]1C[C@H](C)CCC1C(C)C.[Cl-]. The predicted octanol–water partition coefficient (Wildman–Crippen LogP) is 4.32. The Hall–Kier alpha value is 0.309. The molecule has 0 spiro atoms. The first-order valence-corrected chi connectivity index (χ1v) is 16.5. The zero-order chi connectivity index (χ0) is 19.6. The van der Waals surface area contributed by atoms with Crippen molar-refractivity contribution in [1.82, 2.24) is 0 Å². The molecule has 4 unspecified atom stereocenters. The molecule has 2 saturated carbocycles. The van der Waals surface area contributed by atoms with E-state index in [0.29, 0.717) is 0 Å². The van der Waals surface area contributed by atoms with Crippen LogP contribution >= 0.6 is 0 Å². The summed E-state index contributed by atoms with van der Waals surface area (Å²) in [5.41, 5.74) is 0. The van der Waals surface area contributed by atoms with Crippen molar-refractivity contribution >= 4 is 23.3 Å². The second kappa shape index (κ2) is 11.1. The fraction of sp³-hybridized carbons (Fsp3) is 0.769. The number of halogens is 1. The normalized spacial score (nSPS) is 33.6. The van der Waals surface area contributed by atoms with Crippen molar-refractivity contribution in [2.75, 3.05) is 0 Å². The first-order valence-electron chi connectivity index (χ1n) is 11.8. The van der Waals surface area contributed by atoms with Crippen LogP contribution in [0.1, 0.15) is 80.1 Å². The van der Waals surface area contributed by atoms with Gasteiger partial charge in [-0.3, -0.25) is 0 Å². The summed E-state index contributed by atoms with van der Waals surface area (Å²) in [5, 5.41) is 0. The quantitative estimate of drug-likeness (QED) is 0.519. The summed E-state index contributed by atoms with van der Waals surface area (Å²) < 4.78 is 3.97. The van der Waals surface area contributed by atoms with E-state index in [2.05, 4.69) is 71.9 Å². The molecule has 0 N–H and O–H groups in total. The van der Waals surface area contributed by atoms with Crippen LogP contribution in [0.15, 0.2) is 30.3 Å². The van der Waals surface area contributed by atoms with E-state index in [1.54, 1.807) is 0 Å². The van der Waals surface area contributed by atoms with Gasteiger partial charge in [0.25, 0.3) is 0 Å². The maximum atomic E-state index is 2.54. The van der Waals surface area contributed by atoms with Crippen LogP contribution in [-0.4, -0.2) is 19.8 Å². The third-order valence-corrected chi connectivity index (χ3v) is 19.2. The van der Waals surface area contributed by atoms with E-state index in [4.69, 9.17) is 0 Å². The van der Waals surface area contributed by atoms with Gasteiger partial charge in [0.2, 0.25) is 0 Å². The second-order valence-electron chi connectivity index (χ2n) is 10.7. The minimum atomic E-state index is -1.82. The van der Waals surface area contributed by atoms with Gasteiger partial charge in [-0.1, -0.05) is 0 Å². The summed E-state index contributed by atoms with van der Waals surface area (Å²) >= 11 is -1.82. The van der Waals surface area contributed by atoms with Gasteiger partial charge in [0.05, 0.1) is 0 Å². The van der Waals surface area contributed by atoms with E-state index in [1.807, 2.05) is 3.58 Å². The van der Waals surface area contributed by atoms with Crippen molar-refractivity contribution < 1.29 is 12.4 Å². The Bertz CT molecular complexity index is 537. The summed E-state index contributed by atoms with van der Waals surface area (Å²) in [7, 11) is 0. The van der Waals surface area contributed by atoms with Crippen LogP contribution in [0.2, 0.25) is 7.87 Å². The first kappa shape index (κ1) is 24.6. The Labute approximate surface area is 188 Å². The summed E-state index contributed by atoms with van der Waals surface area (Å²) in [6.45, 7) is 15.1. The van der Waals surface area contributed by atoms with Crippen LogP contribution < -0.4 is 16.0 Å². The summed E-state index contributed by atoms with van der Waals surface area (Å²) in [6, 6.07) is 12.0. The van der Waals surface area contributed by atoms with Crippen molar-refractivity contribution in [3.63, 3.8) is 0 Å². The maximum Gasteiger partial charge on any atom is -1.00 e. The third kappa shape index (κ3) is 5.71. The van der Waals surface area contributed by atoms with Gasteiger partial charge in [-0.2, -0.15) is 0 Å². The van der Waals surface area contributed by atoms with E-state index in [9.17, 15) is 0 Å². The molecule has 2 fully saturated rings. The van der Waals surface area contributed by atoms with Crippen molar-refractivity contribution in [3.05, 3.63) is 30.3 Å². The standard InChI is InChI=1S/2C10H19.C6H5.ClH.Sn/c2*1-8(2)10-6-4-9(3)5-7-10;1-2-4-6-5-3-1;;/h2*6,8-10H,4-5,7H2,1-3H3;1-5H;1H;/q;;;;+1/p-1/t2*9-,10?;;;/m00.../s1. The van der Waals surface area contributed by atoms with E-state index < -0.39 is 19.8 Å². The van der Waals surface area contributed by atoms with Crippen LogP contribution in [0, 0.1) is 35.5 Å². The molecular weight excluding hydrogens is 466 g/mol. The van der Waals surface area contributed by atoms with Gasteiger partial charge in [-0.25, -0.2) is 0 Å². The Kier molecular flexibility index (Phi) is 9.72. The molecule has 28 heavy (non-hydrogen) atoms. The van der Waals surface area contributed by atoms with E-state index in [-0.39, 0.29) is 12.4 Å². The van der Waals surface area contributed by atoms with Gasteiger partial charge in [-0.05, 0) is 0 Å². The molecule has 0 radical (unpaired) electrons. The topological polar surface area (TPSA) is 0 Å². The Morgan fingerprint density at radius 2 is 1.14 bits per heavy atom. The monoisotopic (exact) mass is 510 g/mol. The minimum absolute atomic E-state index is 0. The number of hydrogen-bond donors (Lipinski definition) is 0. The number of rotatable bonds is 5. The zero-order valence-corrected chi connectivity index (χ0v) is 22.7. The average Bonchev–Trinajstić information content (AvgIpc) is 2.62. The fourth-order valence-electron chi connectivity index (χ4n) is 6.45. The van der Waals surface area contributed by atoms with Gasteiger partial charge >= 0.3 is 177 Å². The molecule has 2 aliphatic carbocycles. The van der Waals surface area contributed by atoms with E-state index >= 15 is 0 Å². The predicted molar refractivity (Wildman–Crippen MR) is 122 cm³/mol.